The van der Waals surface area contributed by atoms with Crippen LogP contribution in [0.3, 0.4) is 0 Å². The number of aryl methyl sites for hydroxylation is 1. The maximum atomic E-state index is 13.5. The number of aromatic nitrogens is 2. The van der Waals surface area contributed by atoms with Crippen molar-refractivity contribution in [1.29, 1.82) is 0 Å². The fourth-order valence-corrected chi connectivity index (χ4v) is 4.60. The normalized spacial score (nSPS) is 13.6. The number of rotatable bonds is 4. The lowest BCUT2D eigenvalue weighted by atomic mass is 10.0. The first-order chi connectivity index (χ1) is 18.2. The first-order valence-corrected chi connectivity index (χ1v) is 13.0. The average molecular weight is 536 g/mol. The van der Waals surface area contributed by atoms with Gasteiger partial charge >= 0.3 is 5.97 Å². The van der Waals surface area contributed by atoms with Crippen LogP contribution in [0.15, 0.2) is 59.9 Å². The number of ether oxygens (including phenoxy) is 1. The van der Waals surface area contributed by atoms with E-state index in [1.165, 1.54) is 69.8 Å². The Balaban J connectivity index is 0.000000494. The maximum Gasteiger partial charge on any atom is 0.308 e. The van der Waals surface area contributed by atoms with Crippen LogP contribution in [0.25, 0.3) is 16.6 Å². The summed E-state index contributed by atoms with van der Waals surface area (Å²) < 4.78 is 20.3. The molecule has 0 unspecified atom stereocenters. The molecule has 1 fully saturated rings. The number of halogens is 2. The number of anilines is 1. The van der Waals surface area contributed by atoms with Crippen LogP contribution in [0.4, 0.5) is 15.8 Å². The van der Waals surface area contributed by atoms with E-state index in [0.717, 1.165) is 16.7 Å². The number of amidine groups is 1. The van der Waals surface area contributed by atoms with Gasteiger partial charge in [-0.15, -0.1) is 0 Å². The molecular weight excluding hydrogens is 505 g/mol. The summed E-state index contributed by atoms with van der Waals surface area (Å²) >= 11 is 6.08. The van der Waals surface area contributed by atoms with E-state index in [4.69, 9.17) is 27.8 Å². The van der Waals surface area contributed by atoms with Crippen molar-refractivity contribution in [2.45, 2.75) is 52.4 Å². The molecule has 5 rings (SSSR count). The van der Waals surface area contributed by atoms with Gasteiger partial charge in [-0.2, -0.15) is 5.10 Å². The van der Waals surface area contributed by atoms with Gasteiger partial charge < -0.3 is 16.2 Å². The molecule has 0 spiro atoms. The van der Waals surface area contributed by atoms with Crippen molar-refractivity contribution >= 4 is 40.3 Å². The highest BCUT2D eigenvalue weighted by molar-refractivity contribution is 6.33. The molecule has 9 heteroatoms. The first kappa shape index (κ1) is 27.1. The molecule has 2 aromatic carbocycles. The van der Waals surface area contributed by atoms with Crippen LogP contribution >= 0.6 is 11.6 Å². The molecule has 2 aromatic heterocycles. The molecule has 0 amide bonds. The Morgan fingerprint density at radius 2 is 1.76 bits per heavy atom. The molecule has 0 atom stereocenters. The minimum Gasteiger partial charge on any atom is -0.427 e. The topological polar surface area (TPSA) is 108 Å². The van der Waals surface area contributed by atoms with Gasteiger partial charge in [-0.3, -0.25) is 4.79 Å². The molecule has 7 nitrogen and oxygen atoms in total. The Morgan fingerprint density at radius 3 is 2.39 bits per heavy atom. The molecule has 0 radical (unpaired) electrons. The number of carbonyl (C=O) groups excluding carboxylic acids is 1. The van der Waals surface area contributed by atoms with Crippen LogP contribution < -0.4 is 16.2 Å². The van der Waals surface area contributed by atoms with Crippen LogP contribution in [0, 0.1) is 12.7 Å². The Kier molecular flexibility index (Phi) is 8.63. The second-order valence-electron chi connectivity index (χ2n) is 9.31. The SMILES string of the molecule is C1CCCCC1.CC(=O)Oc1ccc(-c2cc3c(N)c(C(N)=Nc4cc(F)ccc4Cl)cnn3c2)c(C)c1. The molecule has 0 saturated heterocycles. The number of hydrogen-bond donors (Lipinski definition) is 2. The summed E-state index contributed by atoms with van der Waals surface area (Å²) in [5.41, 5.74) is 16.8. The minimum absolute atomic E-state index is 0.0645. The highest BCUT2D eigenvalue weighted by atomic mass is 35.5. The Labute approximate surface area is 226 Å². The van der Waals surface area contributed by atoms with Crippen LogP contribution in [0.1, 0.15) is 56.6 Å². The Bertz CT molecular complexity index is 1480. The number of aliphatic imine (C=N–C) groups is 1. The number of nitrogens with zero attached hydrogens (tertiary/aromatic N) is 3. The second kappa shape index (κ2) is 12.1. The van der Waals surface area contributed by atoms with Crippen molar-refractivity contribution in [3.8, 4) is 16.9 Å². The molecule has 198 valence electrons. The van der Waals surface area contributed by atoms with Crippen LogP contribution in [0.5, 0.6) is 5.75 Å². The minimum atomic E-state index is -0.478. The van der Waals surface area contributed by atoms with Gasteiger partial charge in [0.2, 0.25) is 0 Å². The standard InChI is InChI=1S/C23H19ClFN5O2.C6H12/c1-12-7-16(32-13(2)31)4-5-17(12)14-8-21-22(26)18(10-28-30(21)11-14)23(27)29-20-9-15(25)3-6-19(20)24;1-2-4-6-5-3-1/h3-11H,26H2,1-2H3,(H2,27,29);1-6H2. The quantitative estimate of drug-likeness (QED) is 0.127. The Hall–Kier alpha value is -3.91. The fourth-order valence-electron chi connectivity index (χ4n) is 4.44. The van der Waals surface area contributed by atoms with E-state index in [2.05, 4.69) is 10.1 Å². The highest BCUT2D eigenvalue weighted by Gasteiger charge is 2.14. The van der Waals surface area contributed by atoms with E-state index in [0.29, 0.717) is 22.5 Å². The van der Waals surface area contributed by atoms with E-state index in [9.17, 15) is 9.18 Å². The first-order valence-electron chi connectivity index (χ1n) is 12.6. The molecule has 0 bridgehead atoms. The molecule has 2 heterocycles. The van der Waals surface area contributed by atoms with Gasteiger partial charge in [-0.25, -0.2) is 13.9 Å². The molecular formula is C29H31ClFN5O2. The lowest BCUT2D eigenvalue weighted by Crippen LogP contribution is -2.16. The van der Waals surface area contributed by atoms with Crippen LogP contribution in [0.2, 0.25) is 5.02 Å². The van der Waals surface area contributed by atoms with Crippen molar-refractivity contribution in [2.75, 3.05) is 5.73 Å². The summed E-state index contributed by atoms with van der Waals surface area (Å²) in [7, 11) is 0. The third-order valence-corrected chi connectivity index (χ3v) is 6.69. The lowest BCUT2D eigenvalue weighted by molar-refractivity contribution is -0.131. The van der Waals surface area contributed by atoms with Crippen molar-refractivity contribution in [1.82, 2.24) is 9.61 Å². The molecule has 38 heavy (non-hydrogen) atoms. The lowest BCUT2D eigenvalue weighted by Gasteiger charge is -2.07. The van der Waals surface area contributed by atoms with Crippen molar-refractivity contribution in [3.63, 3.8) is 0 Å². The Morgan fingerprint density at radius 1 is 1.08 bits per heavy atom. The van der Waals surface area contributed by atoms with Crippen molar-refractivity contribution in [3.05, 3.63) is 76.8 Å². The second-order valence-corrected chi connectivity index (χ2v) is 9.72. The average Bonchev–Trinajstić information content (AvgIpc) is 3.32. The van der Waals surface area contributed by atoms with Gasteiger partial charge in [-0.05, 0) is 48.4 Å². The molecule has 1 saturated carbocycles. The molecule has 4 aromatic rings. The summed E-state index contributed by atoms with van der Waals surface area (Å²) in [6, 6.07) is 11.1. The summed E-state index contributed by atoms with van der Waals surface area (Å²) in [5.74, 6) is -0.319. The number of benzene rings is 2. The number of esters is 1. The highest BCUT2D eigenvalue weighted by Crippen LogP contribution is 2.31. The summed E-state index contributed by atoms with van der Waals surface area (Å²) in [5, 5.41) is 4.64. The van der Waals surface area contributed by atoms with E-state index in [1.807, 2.05) is 25.3 Å². The zero-order chi connectivity index (χ0) is 27.2. The smallest absolute Gasteiger partial charge is 0.308 e. The maximum absolute atomic E-state index is 13.5. The van der Waals surface area contributed by atoms with E-state index in [-0.39, 0.29) is 22.5 Å². The van der Waals surface area contributed by atoms with Gasteiger partial charge in [0.1, 0.15) is 17.4 Å². The molecule has 4 N–H and O–H groups in total. The van der Waals surface area contributed by atoms with E-state index < -0.39 is 5.82 Å². The molecule has 1 aliphatic rings. The molecule has 1 aliphatic carbocycles. The fraction of sp³-hybridized carbons (Fsp3) is 0.276. The van der Waals surface area contributed by atoms with Crippen molar-refractivity contribution < 1.29 is 13.9 Å². The largest absolute Gasteiger partial charge is 0.427 e. The zero-order valence-corrected chi connectivity index (χ0v) is 22.3. The predicted molar refractivity (Wildman–Crippen MR) is 151 cm³/mol. The third kappa shape index (κ3) is 6.50. The van der Waals surface area contributed by atoms with Crippen LogP contribution in [-0.2, 0) is 4.79 Å². The third-order valence-electron chi connectivity index (χ3n) is 6.37. The predicted octanol–water partition coefficient (Wildman–Crippen LogP) is 6.99. The number of hydrogen-bond acceptors (Lipinski definition) is 5. The van der Waals surface area contributed by atoms with Gasteiger partial charge in [0.15, 0.2) is 0 Å². The number of nitrogens with two attached hydrogens (primary N) is 2. The zero-order valence-electron chi connectivity index (χ0n) is 21.5. The van der Waals surface area contributed by atoms with Crippen molar-refractivity contribution in [2.24, 2.45) is 10.7 Å². The van der Waals surface area contributed by atoms with Crippen LogP contribution in [-0.4, -0.2) is 21.4 Å². The van der Waals surface area contributed by atoms with E-state index >= 15 is 0 Å². The summed E-state index contributed by atoms with van der Waals surface area (Å²) in [6.07, 6.45) is 12.3. The van der Waals surface area contributed by atoms with Gasteiger partial charge in [0.05, 0.1) is 33.7 Å². The summed E-state index contributed by atoms with van der Waals surface area (Å²) in [4.78, 5) is 15.4. The number of carbonyl (C=O) groups is 1. The summed E-state index contributed by atoms with van der Waals surface area (Å²) in [6.45, 7) is 3.27. The van der Waals surface area contributed by atoms with Gasteiger partial charge in [0.25, 0.3) is 0 Å². The van der Waals surface area contributed by atoms with E-state index in [1.54, 1.807) is 16.6 Å². The number of fused-ring (bicyclic) bond motifs is 1. The monoisotopic (exact) mass is 535 g/mol. The number of nitrogen functional groups attached to an aromatic ring is 1. The van der Waals surface area contributed by atoms with Gasteiger partial charge in [0, 0.05) is 24.8 Å². The molecule has 0 aliphatic heterocycles. The van der Waals surface area contributed by atoms with Gasteiger partial charge in [-0.1, -0.05) is 56.2 Å².